The van der Waals surface area contributed by atoms with Crippen molar-refractivity contribution in [2.24, 2.45) is 0 Å². The van der Waals surface area contributed by atoms with Crippen molar-refractivity contribution >= 4 is 13.6 Å². The van der Waals surface area contributed by atoms with Gasteiger partial charge in [0, 0.05) is 0 Å². The molecular weight excluding hydrogens is 352 g/mol. The van der Waals surface area contributed by atoms with E-state index in [0.717, 1.165) is 19.2 Å². The second-order valence-corrected chi connectivity index (χ2v) is 6.53. The lowest BCUT2D eigenvalue weighted by Gasteiger charge is -2.24. The van der Waals surface area contributed by atoms with Gasteiger partial charge in [0.05, 0.1) is 20.3 Å². The Labute approximate surface area is 137 Å². The first-order valence-corrected chi connectivity index (χ1v) is 8.60. The minimum absolute atomic E-state index is 0.0139. The lowest BCUT2D eigenvalue weighted by atomic mass is 10.1. The number of carbonyl (C=O) groups excluding carboxylic acids is 1. The Kier molecular flexibility index (Phi) is 7.26. The third-order valence-corrected chi connectivity index (χ3v) is 5.17. The van der Waals surface area contributed by atoms with Gasteiger partial charge in [0.15, 0.2) is 5.66 Å². The maximum Gasteiger partial charge on any atom is 0.573 e. The van der Waals surface area contributed by atoms with E-state index in [-0.39, 0.29) is 18.8 Å². The quantitative estimate of drug-likeness (QED) is 0.508. The lowest BCUT2D eigenvalue weighted by molar-refractivity contribution is -0.274. The van der Waals surface area contributed by atoms with E-state index in [0.29, 0.717) is 0 Å². The first kappa shape index (κ1) is 20.5. The first-order chi connectivity index (χ1) is 11.2. The number of ether oxygens (including phenoxy) is 2. The highest BCUT2D eigenvalue weighted by Gasteiger charge is 2.43. The summed E-state index contributed by atoms with van der Waals surface area (Å²) in [5.41, 5.74) is -1.29. The number of methoxy groups -OCH3 is 1. The largest absolute Gasteiger partial charge is 0.573 e. The van der Waals surface area contributed by atoms with E-state index < -0.39 is 31.3 Å². The highest BCUT2D eigenvalue weighted by molar-refractivity contribution is 7.55. The maximum absolute atomic E-state index is 12.9. The molecule has 1 aromatic carbocycles. The molecule has 136 valence electrons. The average Bonchev–Trinajstić information content (AvgIpc) is 2.48. The molecule has 0 saturated carbocycles. The van der Waals surface area contributed by atoms with Crippen LogP contribution in [0.15, 0.2) is 24.3 Å². The molecule has 0 fully saturated rings. The predicted octanol–water partition coefficient (Wildman–Crippen LogP) is 4.07. The summed E-state index contributed by atoms with van der Waals surface area (Å²) in [6.45, 7) is 3.17. The van der Waals surface area contributed by atoms with Gasteiger partial charge in [0.1, 0.15) is 5.75 Å². The third-order valence-electron chi connectivity index (χ3n) is 2.79. The molecule has 0 saturated heterocycles. The molecule has 1 atom stereocenters. The van der Waals surface area contributed by atoms with Crippen LogP contribution in [0.2, 0.25) is 0 Å². The molecule has 0 heterocycles. The van der Waals surface area contributed by atoms with Gasteiger partial charge in [-0.15, -0.1) is 13.2 Å². The van der Waals surface area contributed by atoms with E-state index in [4.69, 9.17) is 9.05 Å². The zero-order valence-corrected chi connectivity index (χ0v) is 14.2. The van der Waals surface area contributed by atoms with Gasteiger partial charge in [-0.2, -0.15) is 0 Å². The van der Waals surface area contributed by atoms with Crippen LogP contribution in [0.25, 0.3) is 0 Å². The van der Waals surface area contributed by atoms with Crippen molar-refractivity contribution in [3.8, 4) is 5.75 Å². The summed E-state index contributed by atoms with van der Waals surface area (Å²) in [6, 6.07) is 4.35. The van der Waals surface area contributed by atoms with E-state index in [1.54, 1.807) is 13.8 Å². The molecule has 0 spiro atoms. The van der Waals surface area contributed by atoms with E-state index in [2.05, 4.69) is 9.47 Å². The number of benzene rings is 1. The summed E-state index contributed by atoms with van der Waals surface area (Å²) in [6.07, 6.45) is -4.84. The molecule has 0 aliphatic rings. The van der Waals surface area contributed by atoms with Gasteiger partial charge in [-0.3, -0.25) is 9.36 Å². The molecule has 1 aromatic rings. The van der Waals surface area contributed by atoms with Crippen LogP contribution in [0.4, 0.5) is 13.2 Å². The summed E-state index contributed by atoms with van der Waals surface area (Å²) in [5.74, 6) is -1.36. The number of halogens is 3. The van der Waals surface area contributed by atoms with Crippen LogP contribution < -0.4 is 4.74 Å². The Bertz CT molecular complexity index is 577. The van der Waals surface area contributed by atoms with Crippen LogP contribution >= 0.6 is 7.60 Å². The van der Waals surface area contributed by atoms with Crippen LogP contribution in [0, 0.1) is 0 Å². The number of alkyl halides is 3. The third kappa shape index (κ3) is 5.51. The molecule has 0 aromatic heterocycles. The molecule has 0 amide bonds. The van der Waals surface area contributed by atoms with Crippen molar-refractivity contribution in [3.63, 3.8) is 0 Å². The molecule has 6 nitrogen and oxygen atoms in total. The van der Waals surface area contributed by atoms with Gasteiger partial charge in [-0.05, 0) is 31.5 Å². The van der Waals surface area contributed by atoms with Crippen LogP contribution in [-0.4, -0.2) is 32.7 Å². The molecule has 0 N–H and O–H groups in total. The van der Waals surface area contributed by atoms with Crippen LogP contribution in [0.5, 0.6) is 5.75 Å². The van der Waals surface area contributed by atoms with E-state index >= 15 is 0 Å². The van der Waals surface area contributed by atoms with Crippen molar-refractivity contribution in [1.82, 2.24) is 0 Å². The number of esters is 1. The second kappa shape index (κ2) is 8.50. The molecule has 0 aliphatic heterocycles. The van der Waals surface area contributed by atoms with Gasteiger partial charge in [0.2, 0.25) is 0 Å². The lowest BCUT2D eigenvalue weighted by Crippen LogP contribution is -2.19. The van der Waals surface area contributed by atoms with Crippen molar-refractivity contribution in [1.29, 1.82) is 0 Å². The molecule has 24 heavy (non-hydrogen) atoms. The highest BCUT2D eigenvalue weighted by atomic mass is 31.2. The Morgan fingerprint density at radius 1 is 1.12 bits per heavy atom. The average molecular weight is 370 g/mol. The zero-order chi connectivity index (χ0) is 18.4. The van der Waals surface area contributed by atoms with Crippen molar-refractivity contribution < 1.29 is 41.1 Å². The number of carbonyl (C=O) groups is 1. The van der Waals surface area contributed by atoms with Crippen molar-refractivity contribution in [3.05, 3.63) is 29.8 Å². The van der Waals surface area contributed by atoms with E-state index in [1.807, 2.05) is 0 Å². The SMILES string of the molecule is CCOP(=O)(OCC)C(C(=O)OC)c1ccc(OC(F)(F)F)cc1. The molecular formula is C14H18F3O6P. The Hall–Kier alpha value is -1.57. The maximum atomic E-state index is 12.9. The summed E-state index contributed by atoms with van der Waals surface area (Å²) in [7, 11) is -2.82. The highest BCUT2D eigenvalue weighted by Crippen LogP contribution is 2.61. The van der Waals surface area contributed by atoms with Gasteiger partial charge >= 0.3 is 19.9 Å². The van der Waals surface area contributed by atoms with Crippen LogP contribution in [0.1, 0.15) is 25.1 Å². The summed E-state index contributed by atoms with van der Waals surface area (Å²) < 4.78 is 68.1. The topological polar surface area (TPSA) is 71.1 Å². The smallest absolute Gasteiger partial charge is 0.468 e. The fraction of sp³-hybridized carbons (Fsp3) is 0.500. The Morgan fingerprint density at radius 2 is 1.62 bits per heavy atom. The molecule has 0 bridgehead atoms. The number of hydrogen-bond acceptors (Lipinski definition) is 6. The Balaban J connectivity index is 3.21. The van der Waals surface area contributed by atoms with Crippen molar-refractivity contribution in [2.45, 2.75) is 25.9 Å². The summed E-state index contributed by atoms with van der Waals surface area (Å²) in [5, 5.41) is 0. The standard InChI is InChI=1S/C14H18F3O6P/c1-4-21-24(19,22-5-2)12(13(18)20-3)10-6-8-11(9-7-10)23-14(15,16)17/h6-9,12H,4-5H2,1-3H3. The van der Waals surface area contributed by atoms with Gasteiger partial charge in [-0.25, -0.2) is 0 Å². The normalized spacial score (nSPS) is 13.4. The number of rotatable bonds is 8. The van der Waals surface area contributed by atoms with E-state index in [9.17, 15) is 22.5 Å². The van der Waals surface area contributed by atoms with Crippen molar-refractivity contribution in [2.75, 3.05) is 20.3 Å². The molecule has 1 rings (SSSR count). The minimum Gasteiger partial charge on any atom is -0.468 e. The molecule has 0 radical (unpaired) electrons. The second-order valence-electron chi connectivity index (χ2n) is 4.42. The fourth-order valence-electron chi connectivity index (χ4n) is 1.96. The van der Waals surface area contributed by atoms with Crippen LogP contribution in [0.3, 0.4) is 0 Å². The van der Waals surface area contributed by atoms with Gasteiger partial charge in [0.25, 0.3) is 0 Å². The first-order valence-electron chi connectivity index (χ1n) is 6.99. The summed E-state index contributed by atoms with van der Waals surface area (Å²) >= 11 is 0. The number of hydrogen-bond donors (Lipinski definition) is 0. The molecule has 1 unspecified atom stereocenters. The fourth-order valence-corrected chi connectivity index (χ4v) is 3.95. The van der Waals surface area contributed by atoms with E-state index in [1.165, 1.54) is 12.1 Å². The zero-order valence-electron chi connectivity index (χ0n) is 13.3. The van der Waals surface area contributed by atoms with Gasteiger partial charge < -0.3 is 18.5 Å². The molecule has 10 heteroatoms. The Morgan fingerprint density at radius 3 is 2.00 bits per heavy atom. The minimum atomic E-state index is -4.84. The predicted molar refractivity (Wildman–Crippen MR) is 78.7 cm³/mol. The summed E-state index contributed by atoms with van der Waals surface area (Å²) in [4.78, 5) is 12.1. The van der Waals surface area contributed by atoms with Crippen LogP contribution in [-0.2, 0) is 23.1 Å². The monoisotopic (exact) mass is 370 g/mol. The molecule has 0 aliphatic carbocycles. The van der Waals surface area contributed by atoms with Gasteiger partial charge in [-0.1, -0.05) is 12.1 Å².